The zero-order valence-electron chi connectivity index (χ0n) is 20.2. The second-order valence-corrected chi connectivity index (χ2v) is 9.66. The number of hydrogen-bond donors (Lipinski definition) is 1. The van der Waals surface area contributed by atoms with Crippen LogP contribution in [0.3, 0.4) is 0 Å². The monoisotopic (exact) mass is 500 g/mol. The maximum atomic E-state index is 14.7. The smallest absolute Gasteiger partial charge is 0.410 e. The lowest BCUT2D eigenvalue weighted by Crippen LogP contribution is -2.41. The number of benzene rings is 2. The molecule has 0 atom stereocenters. The van der Waals surface area contributed by atoms with Gasteiger partial charge in [-0.15, -0.1) is 0 Å². The summed E-state index contributed by atoms with van der Waals surface area (Å²) in [6.45, 7) is 6.09. The van der Waals surface area contributed by atoms with Gasteiger partial charge in [0.1, 0.15) is 22.9 Å². The lowest BCUT2D eigenvalue weighted by Gasteiger charge is -2.34. The van der Waals surface area contributed by atoms with E-state index < -0.39 is 35.1 Å². The van der Waals surface area contributed by atoms with Gasteiger partial charge in [-0.05, 0) is 63.9 Å². The van der Waals surface area contributed by atoms with Gasteiger partial charge in [0, 0.05) is 30.8 Å². The Hall–Kier alpha value is -3.82. The van der Waals surface area contributed by atoms with Gasteiger partial charge >= 0.3 is 6.09 Å². The molecule has 2 heterocycles. The van der Waals surface area contributed by atoms with Crippen molar-refractivity contribution in [2.75, 3.05) is 18.4 Å². The number of halogens is 3. The molecule has 3 aromatic rings. The highest BCUT2D eigenvalue weighted by Crippen LogP contribution is 2.33. The number of carbonyl (C=O) groups is 2. The molecule has 1 N–H and O–H groups in total. The van der Waals surface area contributed by atoms with Crippen LogP contribution in [0.2, 0.25) is 0 Å². The molecule has 0 unspecified atom stereocenters. The Morgan fingerprint density at radius 3 is 2.36 bits per heavy atom. The third kappa shape index (κ3) is 5.69. The molecule has 1 aliphatic rings. The number of ether oxygens (including phenoxy) is 1. The lowest BCUT2D eigenvalue weighted by atomic mass is 9.90. The van der Waals surface area contributed by atoms with Crippen LogP contribution >= 0.6 is 0 Å². The van der Waals surface area contributed by atoms with Crippen LogP contribution in [0.5, 0.6) is 0 Å². The van der Waals surface area contributed by atoms with E-state index in [1.165, 1.54) is 35.1 Å². The number of likely N-dealkylation sites (tertiary alicyclic amines) is 1. The summed E-state index contributed by atoms with van der Waals surface area (Å²) in [4.78, 5) is 27.3. The summed E-state index contributed by atoms with van der Waals surface area (Å²) in [5.41, 5.74) is 0.226. The van der Waals surface area contributed by atoms with Crippen molar-refractivity contribution in [3.63, 3.8) is 0 Å². The minimum atomic E-state index is -0.831. The number of nitrogens with one attached hydrogen (secondary N) is 1. The van der Waals surface area contributed by atoms with Crippen LogP contribution in [0.1, 0.15) is 55.6 Å². The summed E-state index contributed by atoms with van der Waals surface area (Å²) in [7, 11) is 0. The molecule has 1 aliphatic heterocycles. The summed E-state index contributed by atoms with van der Waals surface area (Å²) < 4.78 is 48.6. The lowest BCUT2D eigenvalue weighted by molar-refractivity contribution is 0.0203. The highest BCUT2D eigenvalue weighted by atomic mass is 19.1. The Kier molecular flexibility index (Phi) is 7.05. The van der Waals surface area contributed by atoms with E-state index in [2.05, 4.69) is 10.4 Å². The molecule has 36 heavy (non-hydrogen) atoms. The maximum absolute atomic E-state index is 14.7. The van der Waals surface area contributed by atoms with Crippen molar-refractivity contribution in [1.82, 2.24) is 14.7 Å². The van der Waals surface area contributed by atoms with E-state index in [0.29, 0.717) is 31.6 Å². The van der Waals surface area contributed by atoms with Crippen LogP contribution in [0.25, 0.3) is 5.69 Å². The fourth-order valence-corrected chi connectivity index (χ4v) is 4.20. The molecule has 2 amide bonds. The van der Waals surface area contributed by atoms with Crippen molar-refractivity contribution in [3.8, 4) is 5.69 Å². The molecule has 4 rings (SSSR count). The Morgan fingerprint density at radius 1 is 1.03 bits per heavy atom. The standard InChI is InChI=1S/C26H27F3N4O3/c1-26(2,3)36-25(35)32-11-9-16(10-12-32)23-20(24(34)31-19-6-4-5-17(27)13-19)15-30-33(23)22-8-7-18(28)14-21(22)29/h4-8,13-16H,9-12H2,1-3H3,(H,31,34). The molecular formula is C26H27F3N4O3. The van der Waals surface area contributed by atoms with E-state index in [1.54, 1.807) is 31.7 Å². The van der Waals surface area contributed by atoms with Crippen molar-refractivity contribution >= 4 is 17.7 Å². The van der Waals surface area contributed by atoms with Gasteiger partial charge in [0.2, 0.25) is 0 Å². The number of piperidine rings is 1. The van der Waals surface area contributed by atoms with Crippen molar-refractivity contribution in [1.29, 1.82) is 0 Å². The van der Waals surface area contributed by atoms with Crippen LogP contribution in [0.4, 0.5) is 23.7 Å². The zero-order chi connectivity index (χ0) is 26.0. The van der Waals surface area contributed by atoms with E-state index >= 15 is 0 Å². The molecule has 0 saturated carbocycles. The summed E-state index contributed by atoms with van der Waals surface area (Å²) >= 11 is 0. The third-order valence-electron chi connectivity index (χ3n) is 5.80. The predicted molar refractivity (Wildman–Crippen MR) is 128 cm³/mol. The zero-order valence-corrected chi connectivity index (χ0v) is 20.2. The molecular weight excluding hydrogens is 473 g/mol. The van der Waals surface area contributed by atoms with Gasteiger partial charge in [0.05, 0.1) is 17.5 Å². The van der Waals surface area contributed by atoms with Crippen molar-refractivity contribution in [2.45, 2.75) is 45.1 Å². The number of aromatic nitrogens is 2. The van der Waals surface area contributed by atoms with Gasteiger partial charge in [-0.25, -0.2) is 22.6 Å². The first-order chi connectivity index (χ1) is 17.0. The Morgan fingerprint density at radius 2 is 1.72 bits per heavy atom. The minimum Gasteiger partial charge on any atom is -0.444 e. The van der Waals surface area contributed by atoms with Gasteiger partial charge in [0.15, 0.2) is 5.82 Å². The number of amides is 2. The summed E-state index contributed by atoms with van der Waals surface area (Å²) in [5.74, 6) is -2.88. The molecule has 190 valence electrons. The highest BCUT2D eigenvalue weighted by Gasteiger charge is 2.32. The first-order valence-corrected chi connectivity index (χ1v) is 11.6. The third-order valence-corrected chi connectivity index (χ3v) is 5.80. The maximum Gasteiger partial charge on any atom is 0.410 e. The van der Waals surface area contributed by atoms with E-state index in [9.17, 15) is 22.8 Å². The summed E-state index contributed by atoms with van der Waals surface area (Å²) in [6, 6.07) is 8.57. The fraction of sp³-hybridized carbons (Fsp3) is 0.346. The average molecular weight is 501 g/mol. The van der Waals surface area contributed by atoms with E-state index in [0.717, 1.165) is 12.1 Å². The average Bonchev–Trinajstić information content (AvgIpc) is 3.23. The molecule has 0 aliphatic carbocycles. The molecule has 7 nitrogen and oxygen atoms in total. The largest absolute Gasteiger partial charge is 0.444 e. The topological polar surface area (TPSA) is 76.5 Å². The number of nitrogens with zero attached hydrogens (tertiary/aromatic N) is 3. The van der Waals surface area contributed by atoms with Crippen LogP contribution < -0.4 is 5.32 Å². The quantitative estimate of drug-likeness (QED) is 0.502. The molecule has 2 aromatic carbocycles. The van der Waals surface area contributed by atoms with E-state index in [1.807, 2.05) is 0 Å². The Labute approximate surface area is 206 Å². The van der Waals surface area contributed by atoms with Gasteiger partial charge in [0.25, 0.3) is 5.91 Å². The number of anilines is 1. The van der Waals surface area contributed by atoms with Gasteiger partial charge < -0.3 is 15.0 Å². The van der Waals surface area contributed by atoms with Crippen molar-refractivity contribution in [3.05, 3.63) is 77.4 Å². The van der Waals surface area contributed by atoms with Crippen LogP contribution in [-0.4, -0.2) is 45.4 Å². The second kappa shape index (κ2) is 10.0. The molecule has 1 fully saturated rings. The summed E-state index contributed by atoms with van der Waals surface area (Å²) in [5, 5.41) is 6.90. The van der Waals surface area contributed by atoms with Gasteiger partial charge in [-0.3, -0.25) is 4.79 Å². The predicted octanol–water partition coefficient (Wildman–Crippen LogP) is 5.66. The normalized spacial score (nSPS) is 14.6. The molecule has 0 bridgehead atoms. The number of hydrogen-bond acceptors (Lipinski definition) is 4. The molecule has 0 spiro atoms. The molecule has 10 heteroatoms. The number of rotatable bonds is 4. The van der Waals surface area contributed by atoms with E-state index in [-0.39, 0.29) is 22.9 Å². The van der Waals surface area contributed by atoms with Crippen LogP contribution in [0.15, 0.2) is 48.7 Å². The fourth-order valence-electron chi connectivity index (χ4n) is 4.20. The first kappa shape index (κ1) is 25.3. The van der Waals surface area contributed by atoms with Crippen molar-refractivity contribution < 1.29 is 27.5 Å². The SMILES string of the molecule is CC(C)(C)OC(=O)N1CCC(c2c(C(=O)Nc3cccc(F)c3)cnn2-c2ccc(F)cc2F)CC1. The number of carbonyl (C=O) groups excluding carboxylic acids is 2. The minimum absolute atomic E-state index is 0.00854. The first-order valence-electron chi connectivity index (χ1n) is 11.6. The van der Waals surface area contributed by atoms with E-state index in [4.69, 9.17) is 4.74 Å². The second-order valence-electron chi connectivity index (χ2n) is 9.66. The van der Waals surface area contributed by atoms with Gasteiger partial charge in [-0.1, -0.05) is 6.07 Å². The van der Waals surface area contributed by atoms with Crippen LogP contribution in [0, 0.1) is 17.5 Å². The summed E-state index contributed by atoms with van der Waals surface area (Å²) in [6.07, 6.45) is 1.82. The highest BCUT2D eigenvalue weighted by molar-refractivity contribution is 6.05. The molecule has 0 radical (unpaired) electrons. The molecule has 1 aromatic heterocycles. The van der Waals surface area contributed by atoms with Crippen LogP contribution in [-0.2, 0) is 4.74 Å². The Bertz CT molecular complexity index is 1280. The van der Waals surface area contributed by atoms with Gasteiger partial charge in [-0.2, -0.15) is 5.10 Å². The van der Waals surface area contributed by atoms with Crippen molar-refractivity contribution in [2.24, 2.45) is 0 Å². The Balaban J connectivity index is 1.65. The molecule has 1 saturated heterocycles.